The molecule has 3 N–H and O–H groups in total. The predicted molar refractivity (Wildman–Crippen MR) is 104 cm³/mol. The van der Waals surface area contributed by atoms with Crippen LogP contribution in [0.4, 0.5) is 0 Å². The number of ether oxygens (including phenoxy) is 2. The second-order valence-corrected chi connectivity index (χ2v) is 6.78. The van der Waals surface area contributed by atoms with Gasteiger partial charge in [-0.05, 0) is 30.2 Å². The predicted octanol–water partition coefficient (Wildman–Crippen LogP) is 1.54. The number of carbonyl (C=O) groups excluding carboxylic acids is 1. The lowest BCUT2D eigenvalue weighted by molar-refractivity contribution is -0.123. The maximum atomic E-state index is 12.4. The molecule has 1 aliphatic rings. The van der Waals surface area contributed by atoms with E-state index in [0.717, 1.165) is 22.4 Å². The molecule has 1 amide bonds. The largest absolute Gasteiger partial charge is 0.635 e. The fourth-order valence-electron chi connectivity index (χ4n) is 3.38. The van der Waals surface area contributed by atoms with Gasteiger partial charge in [-0.15, -0.1) is 0 Å². The summed E-state index contributed by atoms with van der Waals surface area (Å²) in [7, 11) is -0.401. The molecule has 1 heterocycles. The number of hydrogen-bond acceptors (Lipinski definition) is 6. The summed E-state index contributed by atoms with van der Waals surface area (Å²) >= 11 is 0. The van der Waals surface area contributed by atoms with Gasteiger partial charge >= 0.3 is 7.32 Å². The Morgan fingerprint density at radius 3 is 2.71 bits per heavy atom. The van der Waals surface area contributed by atoms with E-state index in [1.807, 2.05) is 25.1 Å². The van der Waals surface area contributed by atoms with Crippen LogP contribution in [0.5, 0.6) is 11.5 Å². The number of amides is 1. The van der Waals surface area contributed by atoms with E-state index in [0.29, 0.717) is 18.8 Å². The number of rotatable bonds is 8. The van der Waals surface area contributed by atoms with E-state index in [4.69, 9.17) is 14.1 Å². The summed E-state index contributed by atoms with van der Waals surface area (Å²) < 4.78 is 16.0. The van der Waals surface area contributed by atoms with Gasteiger partial charge in [0.1, 0.15) is 17.7 Å². The van der Waals surface area contributed by atoms with Crippen molar-refractivity contribution in [2.24, 2.45) is 0 Å². The Balaban J connectivity index is 1.64. The van der Waals surface area contributed by atoms with Gasteiger partial charge in [-0.3, -0.25) is 4.79 Å². The summed E-state index contributed by atoms with van der Waals surface area (Å²) in [5.41, 5.74) is 2.89. The third kappa shape index (κ3) is 5.04. The van der Waals surface area contributed by atoms with Crippen molar-refractivity contribution in [2.75, 3.05) is 13.7 Å². The van der Waals surface area contributed by atoms with Gasteiger partial charge in [0.25, 0.3) is 0 Å². The highest BCUT2D eigenvalue weighted by Gasteiger charge is 2.30. The van der Waals surface area contributed by atoms with Crippen LogP contribution < -0.4 is 14.8 Å². The van der Waals surface area contributed by atoms with Crippen molar-refractivity contribution in [3.8, 4) is 11.5 Å². The Bertz CT molecular complexity index is 811. The molecule has 2 atom stereocenters. The van der Waals surface area contributed by atoms with Crippen molar-refractivity contribution < 1.29 is 29.0 Å². The average Bonchev–Trinajstić information content (AvgIpc) is 3.06. The van der Waals surface area contributed by atoms with Crippen molar-refractivity contribution in [2.45, 2.75) is 31.9 Å². The minimum Gasteiger partial charge on any atom is -0.497 e. The van der Waals surface area contributed by atoms with E-state index in [9.17, 15) is 14.8 Å². The minimum atomic E-state index is -1.98. The molecule has 2 aromatic rings. The highest BCUT2D eigenvalue weighted by atomic mass is 16.6. The summed E-state index contributed by atoms with van der Waals surface area (Å²) in [6.45, 7) is 2.43. The van der Waals surface area contributed by atoms with Gasteiger partial charge in [-0.2, -0.15) is 0 Å². The van der Waals surface area contributed by atoms with Gasteiger partial charge in [0.15, 0.2) is 0 Å². The van der Waals surface area contributed by atoms with E-state index in [1.54, 1.807) is 31.4 Å². The Morgan fingerprint density at radius 2 is 2.04 bits per heavy atom. The van der Waals surface area contributed by atoms with Crippen LogP contribution in [0.15, 0.2) is 42.5 Å². The van der Waals surface area contributed by atoms with E-state index in [-0.39, 0.29) is 18.2 Å². The Morgan fingerprint density at radius 1 is 1.29 bits per heavy atom. The maximum absolute atomic E-state index is 12.4. The first-order valence-corrected chi connectivity index (χ1v) is 9.12. The summed E-state index contributed by atoms with van der Waals surface area (Å²) in [6, 6.07) is 13.1. The molecule has 3 rings (SSSR count). The number of methoxy groups -OCH3 is 1. The van der Waals surface area contributed by atoms with Gasteiger partial charge in [0.2, 0.25) is 5.91 Å². The van der Waals surface area contributed by atoms with Crippen LogP contribution in [0.2, 0.25) is 0 Å². The first-order chi connectivity index (χ1) is 13.5. The number of nitrogens with one attached hydrogen (secondary N) is 1. The molecule has 0 saturated heterocycles. The molecule has 2 aromatic carbocycles. The molecule has 7 nitrogen and oxygen atoms in total. The molecule has 0 saturated carbocycles. The Kier molecular flexibility index (Phi) is 6.56. The third-order valence-electron chi connectivity index (χ3n) is 4.74. The van der Waals surface area contributed by atoms with Crippen LogP contribution in [-0.2, 0) is 15.9 Å². The highest BCUT2D eigenvalue weighted by molar-refractivity contribution is 6.32. The molecule has 148 valence electrons. The fourth-order valence-corrected chi connectivity index (χ4v) is 3.38. The zero-order valence-electron chi connectivity index (χ0n) is 15.9. The van der Waals surface area contributed by atoms with Crippen LogP contribution in [0.1, 0.15) is 29.0 Å². The third-order valence-corrected chi connectivity index (χ3v) is 4.74. The average molecular weight is 385 g/mol. The maximum Gasteiger partial charge on any atom is 0.635 e. The molecule has 0 aliphatic carbocycles. The van der Waals surface area contributed by atoms with Crippen LogP contribution in [-0.4, -0.2) is 43.2 Å². The summed E-state index contributed by atoms with van der Waals surface area (Å²) in [5, 5.41) is 21.2. The smallest absolute Gasteiger partial charge is 0.497 e. The Labute approximate surface area is 164 Å². The van der Waals surface area contributed by atoms with Gasteiger partial charge in [-0.25, -0.2) is 0 Å². The molecule has 8 heteroatoms. The van der Waals surface area contributed by atoms with Gasteiger partial charge < -0.3 is 29.5 Å². The molecule has 1 aliphatic heterocycles. The molecule has 0 radical (unpaired) electrons. The number of hydrogen-bond donors (Lipinski definition) is 3. The van der Waals surface area contributed by atoms with Crippen molar-refractivity contribution in [1.82, 2.24) is 5.32 Å². The lowest BCUT2D eigenvalue weighted by Gasteiger charge is -2.22. The monoisotopic (exact) mass is 385 g/mol. The number of aryl methyl sites for hydroxylation is 1. The fraction of sp³-hybridized carbons (Fsp3) is 0.350. The van der Waals surface area contributed by atoms with Crippen molar-refractivity contribution >= 4 is 13.2 Å². The van der Waals surface area contributed by atoms with Crippen LogP contribution in [0, 0.1) is 6.92 Å². The van der Waals surface area contributed by atoms with E-state index < -0.39 is 13.5 Å². The SMILES string of the molecule is COc1ccc(CC(=O)N[C@@H](C[C@@H]2COc3c(C)cccc32)OB(O)O)cc1. The zero-order chi connectivity index (χ0) is 20.1. The minimum absolute atomic E-state index is 0.0139. The van der Waals surface area contributed by atoms with E-state index in [1.165, 1.54) is 0 Å². The molecule has 0 aromatic heterocycles. The molecular weight excluding hydrogens is 361 g/mol. The van der Waals surface area contributed by atoms with Crippen molar-refractivity contribution in [3.05, 3.63) is 59.2 Å². The summed E-state index contributed by atoms with van der Waals surface area (Å²) in [5.74, 6) is 1.27. The summed E-state index contributed by atoms with van der Waals surface area (Å²) in [6.07, 6.45) is -0.351. The van der Waals surface area contributed by atoms with Crippen molar-refractivity contribution in [3.63, 3.8) is 0 Å². The number of para-hydroxylation sites is 1. The lowest BCUT2D eigenvalue weighted by atomic mass is 9.95. The standard InChI is InChI=1S/C20H24BNO6/c1-13-4-3-5-17-15(12-27-20(13)17)11-19(28-21(24)25)22-18(23)10-14-6-8-16(26-2)9-7-14/h3-9,15,19,24-25H,10-12H2,1-2H3,(H,22,23)/t15-,19-/m1/s1. The van der Waals surface area contributed by atoms with Gasteiger partial charge in [0.05, 0.1) is 20.1 Å². The van der Waals surface area contributed by atoms with E-state index in [2.05, 4.69) is 5.32 Å². The zero-order valence-corrected chi connectivity index (χ0v) is 15.9. The second kappa shape index (κ2) is 9.10. The molecule has 0 bridgehead atoms. The second-order valence-electron chi connectivity index (χ2n) is 6.78. The first kappa shape index (κ1) is 20.2. The Hall–Kier alpha value is -2.55. The molecule has 0 unspecified atom stereocenters. The molecule has 0 spiro atoms. The first-order valence-electron chi connectivity index (χ1n) is 9.12. The molecule has 0 fully saturated rings. The van der Waals surface area contributed by atoms with Crippen LogP contribution >= 0.6 is 0 Å². The van der Waals surface area contributed by atoms with E-state index >= 15 is 0 Å². The van der Waals surface area contributed by atoms with Crippen LogP contribution in [0.25, 0.3) is 0 Å². The normalized spacial score (nSPS) is 16.1. The van der Waals surface area contributed by atoms with Gasteiger partial charge in [0, 0.05) is 17.9 Å². The summed E-state index contributed by atoms with van der Waals surface area (Å²) in [4.78, 5) is 12.4. The topological polar surface area (TPSA) is 97.3 Å². The number of carbonyl (C=O) groups is 1. The number of fused-ring (bicyclic) bond motifs is 1. The van der Waals surface area contributed by atoms with Gasteiger partial charge in [-0.1, -0.05) is 30.3 Å². The van der Waals surface area contributed by atoms with Crippen LogP contribution in [0.3, 0.4) is 0 Å². The quantitative estimate of drug-likeness (QED) is 0.471. The molecule has 28 heavy (non-hydrogen) atoms. The highest BCUT2D eigenvalue weighted by Crippen LogP contribution is 2.38. The van der Waals surface area contributed by atoms with Crippen molar-refractivity contribution in [1.29, 1.82) is 0 Å². The molecular formula is C20H24BNO6. The number of benzene rings is 2. The lowest BCUT2D eigenvalue weighted by Crippen LogP contribution is -2.42.